The minimum absolute atomic E-state index is 0.0397. The van der Waals surface area contributed by atoms with Crippen LogP contribution in [0.5, 0.6) is 0 Å². The van der Waals surface area contributed by atoms with E-state index in [4.69, 9.17) is 0 Å². The third-order valence-electron chi connectivity index (χ3n) is 8.76. The van der Waals surface area contributed by atoms with Crippen LogP contribution in [-0.2, 0) is 9.59 Å². The summed E-state index contributed by atoms with van der Waals surface area (Å²) in [6, 6.07) is 0. The maximum absolute atomic E-state index is 13.3. The minimum atomic E-state index is -0.0397. The first-order valence-electron chi connectivity index (χ1n) is 9.91. The maximum Gasteiger partial charge on any atom is 0.137 e. The summed E-state index contributed by atoms with van der Waals surface area (Å²) in [7, 11) is 0. The van der Waals surface area contributed by atoms with Gasteiger partial charge in [-0.05, 0) is 74.0 Å². The molecule has 0 heterocycles. The predicted octanol–water partition coefficient (Wildman–Crippen LogP) is 4.80. The maximum atomic E-state index is 13.3. The van der Waals surface area contributed by atoms with Crippen molar-refractivity contribution in [3.8, 4) is 0 Å². The van der Waals surface area contributed by atoms with Crippen LogP contribution in [0.4, 0.5) is 0 Å². The second kappa shape index (κ2) is 5.17. The fraction of sp³-hybridized carbons (Fsp3) is 0.905. The van der Waals surface area contributed by atoms with Gasteiger partial charge in [0.1, 0.15) is 11.6 Å². The van der Waals surface area contributed by atoms with Crippen LogP contribution < -0.4 is 0 Å². The minimum Gasteiger partial charge on any atom is -0.300 e. The molecule has 0 unspecified atom stereocenters. The van der Waals surface area contributed by atoms with Crippen LogP contribution in [0.15, 0.2) is 0 Å². The van der Waals surface area contributed by atoms with Gasteiger partial charge in [0, 0.05) is 18.3 Å². The molecule has 4 aliphatic rings. The molecule has 0 aromatic heterocycles. The lowest BCUT2D eigenvalue weighted by Gasteiger charge is -2.59. The molecule has 0 aromatic carbocycles. The van der Waals surface area contributed by atoms with Crippen LogP contribution in [0.3, 0.4) is 0 Å². The molecule has 7 atom stereocenters. The molecule has 0 aromatic rings. The van der Waals surface area contributed by atoms with Gasteiger partial charge in [0.25, 0.3) is 0 Å². The van der Waals surface area contributed by atoms with Crippen molar-refractivity contribution < 1.29 is 9.59 Å². The van der Waals surface area contributed by atoms with Gasteiger partial charge in [-0.15, -0.1) is 0 Å². The van der Waals surface area contributed by atoms with Gasteiger partial charge in [0.15, 0.2) is 0 Å². The number of hydrogen-bond donors (Lipinski definition) is 0. The van der Waals surface area contributed by atoms with Crippen LogP contribution in [0, 0.1) is 40.4 Å². The average molecular weight is 316 g/mol. The van der Waals surface area contributed by atoms with E-state index in [1.165, 1.54) is 44.9 Å². The summed E-state index contributed by atoms with van der Waals surface area (Å²) in [5.41, 5.74) is 0.218. The first-order valence-corrected chi connectivity index (χ1v) is 9.91. The van der Waals surface area contributed by atoms with Crippen molar-refractivity contribution >= 4 is 11.6 Å². The first kappa shape index (κ1) is 15.8. The largest absolute Gasteiger partial charge is 0.300 e. The highest BCUT2D eigenvalue weighted by Crippen LogP contribution is 2.66. The highest BCUT2D eigenvalue weighted by molar-refractivity contribution is 5.87. The number of rotatable bonds is 1. The second-order valence-electron chi connectivity index (χ2n) is 9.66. The summed E-state index contributed by atoms with van der Waals surface area (Å²) >= 11 is 0. The molecular formula is C21H32O2. The third kappa shape index (κ3) is 2.05. The normalized spacial score (nSPS) is 52.5. The van der Waals surface area contributed by atoms with Gasteiger partial charge in [-0.3, -0.25) is 9.59 Å². The van der Waals surface area contributed by atoms with Gasteiger partial charge in [-0.2, -0.15) is 0 Å². The smallest absolute Gasteiger partial charge is 0.137 e. The van der Waals surface area contributed by atoms with Crippen molar-refractivity contribution in [2.45, 2.75) is 78.6 Å². The third-order valence-corrected chi connectivity index (χ3v) is 8.76. The quantitative estimate of drug-likeness (QED) is 0.696. The van der Waals surface area contributed by atoms with Crippen LogP contribution in [-0.4, -0.2) is 11.6 Å². The van der Waals surface area contributed by atoms with E-state index in [0.29, 0.717) is 35.7 Å². The van der Waals surface area contributed by atoms with Crippen LogP contribution in [0.2, 0.25) is 0 Å². The van der Waals surface area contributed by atoms with Gasteiger partial charge in [-0.25, -0.2) is 0 Å². The Balaban J connectivity index is 1.70. The lowest BCUT2D eigenvalue weighted by molar-refractivity contribution is -0.158. The molecule has 4 fully saturated rings. The van der Waals surface area contributed by atoms with Gasteiger partial charge < -0.3 is 0 Å². The number of ketones is 2. The summed E-state index contributed by atoms with van der Waals surface area (Å²) < 4.78 is 0. The lowest BCUT2D eigenvalue weighted by atomic mass is 9.44. The van der Waals surface area contributed by atoms with E-state index < -0.39 is 0 Å². The first-order chi connectivity index (χ1) is 10.9. The molecule has 2 heteroatoms. The Labute approximate surface area is 140 Å². The average Bonchev–Trinajstić information content (AvgIpc) is 2.82. The number of hydrogen-bond acceptors (Lipinski definition) is 2. The molecule has 0 bridgehead atoms. The highest BCUT2D eigenvalue weighted by atomic mass is 16.1. The molecule has 0 radical (unpaired) electrons. The Morgan fingerprint density at radius 3 is 2.52 bits per heavy atom. The summed E-state index contributed by atoms with van der Waals surface area (Å²) in [6.07, 6.45) is 10.7. The molecule has 0 N–H and O–H groups in total. The molecule has 2 nitrogen and oxygen atoms in total. The summed E-state index contributed by atoms with van der Waals surface area (Å²) in [6.45, 7) is 6.44. The van der Waals surface area contributed by atoms with Crippen LogP contribution in [0.1, 0.15) is 78.6 Å². The molecule has 0 saturated heterocycles. The van der Waals surface area contributed by atoms with Crippen molar-refractivity contribution in [1.29, 1.82) is 0 Å². The fourth-order valence-corrected chi connectivity index (χ4v) is 7.78. The zero-order valence-electron chi connectivity index (χ0n) is 15.1. The summed E-state index contributed by atoms with van der Waals surface area (Å²) in [4.78, 5) is 25.4. The van der Waals surface area contributed by atoms with E-state index in [2.05, 4.69) is 13.8 Å². The van der Waals surface area contributed by atoms with Crippen molar-refractivity contribution in [3.05, 3.63) is 0 Å². The van der Waals surface area contributed by atoms with Gasteiger partial charge in [-0.1, -0.05) is 26.7 Å². The molecule has 0 aliphatic heterocycles. The van der Waals surface area contributed by atoms with Gasteiger partial charge in [0.05, 0.1) is 0 Å². The Morgan fingerprint density at radius 2 is 1.78 bits per heavy atom. The molecule has 128 valence electrons. The van der Waals surface area contributed by atoms with E-state index >= 15 is 0 Å². The monoisotopic (exact) mass is 316 g/mol. The Bertz CT molecular complexity index is 538. The van der Waals surface area contributed by atoms with E-state index in [1.54, 1.807) is 6.92 Å². The standard InChI is InChI=1S/C21H32O2/c1-13(22)16-9-10-17-15-8-7-14-6-4-5-11-20(14,2)19(15)18(23)12-21(16,17)3/h14-17,19H,4-12H2,1-3H3/t14-,15+,16+,17-,19+,20+,21+/m1/s1. The summed E-state index contributed by atoms with van der Waals surface area (Å²) in [5.74, 6) is 3.20. The van der Waals surface area contributed by atoms with Crippen LogP contribution >= 0.6 is 0 Å². The second-order valence-corrected chi connectivity index (χ2v) is 9.66. The molecule has 23 heavy (non-hydrogen) atoms. The van der Waals surface area contributed by atoms with E-state index in [1.807, 2.05) is 0 Å². The number of carbonyl (C=O) groups excluding carboxylic acids is 2. The molecule has 0 amide bonds. The zero-order valence-corrected chi connectivity index (χ0v) is 15.1. The van der Waals surface area contributed by atoms with Crippen LogP contribution in [0.25, 0.3) is 0 Å². The Hall–Kier alpha value is -0.660. The van der Waals surface area contributed by atoms with E-state index in [-0.39, 0.29) is 16.7 Å². The Kier molecular flexibility index (Phi) is 3.56. The van der Waals surface area contributed by atoms with Crippen molar-refractivity contribution in [3.63, 3.8) is 0 Å². The fourth-order valence-electron chi connectivity index (χ4n) is 7.78. The number of carbonyl (C=O) groups is 2. The molecule has 0 spiro atoms. The van der Waals surface area contributed by atoms with Gasteiger partial charge in [0.2, 0.25) is 0 Å². The van der Waals surface area contributed by atoms with E-state index in [0.717, 1.165) is 12.3 Å². The molecular weight excluding hydrogens is 284 g/mol. The van der Waals surface area contributed by atoms with Gasteiger partial charge >= 0.3 is 0 Å². The van der Waals surface area contributed by atoms with Crippen molar-refractivity contribution in [2.24, 2.45) is 40.4 Å². The van der Waals surface area contributed by atoms with E-state index in [9.17, 15) is 9.59 Å². The number of fused-ring (bicyclic) bond motifs is 5. The SMILES string of the molecule is CC(=O)[C@@H]1CC[C@@H]2[C@@H]3CC[C@H]4CCCC[C@]4(C)[C@@H]3C(=O)C[C@]21C. The molecule has 4 saturated carbocycles. The topological polar surface area (TPSA) is 34.1 Å². The predicted molar refractivity (Wildman–Crippen MR) is 90.9 cm³/mol. The zero-order chi connectivity index (χ0) is 16.4. The van der Waals surface area contributed by atoms with Crippen molar-refractivity contribution in [2.75, 3.05) is 0 Å². The van der Waals surface area contributed by atoms with Crippen molar-refractivity contribution in [1.82, 2.24) is 0 Å². The molecule has 4 aliphatic carbocycles. The Morgan fingerprint density at radius 1 is 1.00 bits per heavy atom. The highest BCUT2D eigenvalue weighted by Gasteiger charge is 2.63. The lowest BCUT2D eigenvalue weighted by Crippen LogP contribution is -2.57. The summed E-state index contributed by atoms with van der Waals surface area (Å²) in [5, 5.41) is 0. The molecule has 4 rings (SSSR count). The number of Topliss-reactive ketones (excluding diaryl/α,β-unsaturated/α-hetero) is 2.